The van der Waals surface area contributed by atoms with Crippen LogP contribution in [0.5, 0.6) is 0 Å². The standard InChI is InChI=1S/C10H14N2.C6H5NO2/c1-12-7-3-5-10(12)9-4-2-6-11-8-9;8-6(9)5-3-1-2-4-7-5/h2,4,6,8,10H,3,5,7H2,1H3;1-4H,(H,8,9). The van der Waals surface area contributed by atoms with E-state index in [1.165, 1.54) is 37.2 Å². The molecule has 3 heterocycles. The molecule has 0 bridgehead atoms. The molecular weight excluding hydrogens is 266 g/mol. The van der Waals surface area contributed by atoms with E-state index in [4.69, 9.17) is 5.11 Å². The minimum Gasteiger partial charge on any atom is -0.477 e. The molecule has 0 aliphatic carbocycles. The number of nitrogens with zero attached hydrogens (tertiary/aromatic N) is 3. The van der Waals surface area contributed by atoms with E-state index in [1.807, 2.05) is 18.5 Å². The second-order valence-electron chi connectivity index (χ2n) is 4.95. The zero-order valence-corrected chi connectivity index (χ0v) is 12.0. The van der Waals surface area contributed by atoms with Gasteiger partial charge < -0.3 is 5.11 Å². The maximum absolute atomic E-state index is 10.1. The average Bonchev–Trinajstić information content (AvgIpc) is 2.96. The van der Waals surface area contributed by atoms with Gasteiger partial charge in [0.1, 0.15) is 5.69 Å². The summed E-state index contributed by atoms with van der Waals surface area (Å²) >= 11 is 0. The van der Waals surface area contributed by atoms with E-state index in [0.717, 1.165) is 0 Å². The van der Waals surface area contributed by atoms with Crippen LogP contribution in [0, 0.1) is 0 Å². The van der Waals surface area contributed by atoms with Crippen LogP contribution in [0.2, 0.25) is 0 Å². The lowest BCUT2D eigenvalue weighted by Crippen LogP contribution is -2.17. The number of carbonyl (C=O) groups is 1. The molecule has 2 aromatic heterocycles. The Morgan fingerprint density at radius 2 is 2.14 bits per heavy atom. The first-order valence-corrected chi connectivity index (χ1v) is 6.93. The summed E-state index contributed by atoms with van der Waals surface area (Å²) in [6.45, 7) is 1.22. The number of pyridine rings is 2. The summed E-state index contributed by atoms with van der Waals surface area (Å²) in [5.74, 6) is -0.990. The van der Waals surface area contributed by atoms with E-state index in [-0.39, 0.29) is 5.69 Å². The molecule has 1 unspecified atom stereocenters. The fourth-order valence-corrected chi connectivity index (χ4v) is 2.39. The van der Waals surface area contributed by atoms with Crippen molar-refractivity contribution in [2.75, 3.05) is 13.6 Å². The van der Waals surface area contributed by atoms with Crippen molar-refractivity contribution in [3.63, 3.8) is 0 Å². The van der Waals surface area contributed by atoms with Gasteiger partial charge in [-0.3, -0.25) is 9.88 Å². The van der Waals surface area contributed by atoms with Crippen LogP contribution in [0.15, 0.2) is 48.9 Å². The van der Waals surface area contributed by atoms with Crippen LogP contribution in [0.3, 0.4) is 0 Å². The van der Waals surface area contributed by atoms with Crippen LogP contribution in [-0.2, 0) is 0 Å². The Labute approximate surface area is 124 Å². The summed E-state index contributed by atoms with van der Waals surface area (Å²) in [6, 6.07) is 9.55. The van der Waals surface area contributed by atoms with E-state index in [2.05, 4.69) is 28.0 Å². The van der Waals surface area contributed by atoms with Gasteiger partial charge >= 0.3 is 5.97 Å². The second kappa shape index (κ2) is 7.50. The van der Waals surface area contributed by atoms with Crippen molar-refractivity contribution in [1.29, 1.82) is 0 Å². The Morgan fingerprint density at radius 1 is 1.29 bits per heavy atom. The van der Waals surface area contributed by atoms with Gasteiger partial charge in [-0.25, -0.2) is 9.78 Å². The zero-order chi connectivity index (χ0) is 15.1. The highest BCUT2D eigenvalue weighted by atomic mass is 16.4. The maximum atomic E-state index is 10.1. The van der Waals surface area contributed by atoms with E-state index in [0.29, 0.717) is 6.04 Å². The molecule has 110 valence electrons. The highest BCUT2D eigenvalue weighted by Crippen LogP contribution is 2.29. The van der Waals surface area contributed by atoms with Crippen LogP contribution in [0.1, 0.15) is 34.9 Å². The van der Waals surface area contributed by atoms with E-state index >= 15 is 0 Å². The topological polar surface area (TPSA) is 66.3 Å². The Kier molecular flexibility index (Phi) is 5.40. The molecule has 0 saturated carbocycles. The molecule has 1 aliphatic rings. The summed E-state index contributed by atoms with van der Waals surface area (Å²) in [4.78, 5) is 20.3. The monoisotopic (exact) mass is 285 g/mol. The lowest BCUT2D eigenvalue weighted by Gasteiger charge is -2.18. The third-order valence-corrected chi connectivity index (χ3v) is 3.47. The van der Waals surface area contributed by atoms with Crippen molar-refractivity contribution in [2.24, 2.45) is 0 Å². The second-order valence-corrected chi connectivity index (χ2v) is 4.95. The van der Waals surface area contributed by atoms with Crippen molar-refractivity contribution in [3.8, 4) is 0 Å². The molecule has 21 heavy (non-hydrogen) atoms. The minimum absolute atomic E-state index is 0.0810. The number of aromatic nitrogens is 2. The van der Waals surface area contributed by atoms with Gasteiger partial charge in [-0.05, 0) is 50.2 Å². The molecule has 0 aromatic carbocycles. The highest BCUT2D eigenvalue weighted by molar-refractivity contribution is 5.85. The first kappa shape index (κ1) is 15.1. The normalized spacial score (nSPS) is 17.9. The number of rotatable bonds is 2. The third-order valence-electron chi connectivity index (χ3n) is 3.47. The van der Waals surface area contributed by atoms with E-state index < -0.39 is 5.97 Å². The van der Waals surface area contributed by atoms with Crippen LogP contribution in [0.4, 0.5) is 0 Å². The van der Waals surface area contributed by atoms with E-state index in [9.17, 15) is 4.79 Å². The third kappa shape index (κ3) is 4.36. The summed E-state index contributed by atoms with van der Waals surface area (Å²) in [5.41, 5.74) is 1.44. The molecule has 0 spiro atoms. The van der Waals surface area contributed by atoms with Gasteiger partial charge in [0.25, 0.3) is 0 Å². The first-order valence-electron chi connectivity index (χ1n) is 6.93. The minimum atomic E-state index is -0.990. The summed E-state index contributed by atoms with van der Waals surface area (Å²) < 4.78 is 0. The van der Waals surface area contributed by atoms with Gasteiger partial charge in [0, 0.05) is 24.6 Å². The zero-order valence-electron chi connectivity index (χ0n) is 12.0. The smallest absolute Gasteiger partial charge is 0.354 e. The SMILES string of the molecule is CN1CCCC1c1cccnc1.O=C(O)c1ccccn1. The molecule has 1 saturated heterocycles. The Balaban J connectivity index is 0.000000161. The molecule has 1 fully saturated rings. The Morgan fingerprint density at radius 3 is 2.62 bits per heavy atom. The molecular formula is C16H19N3O2. The maximum Gasteiger partial charge on any atom is 0.354 e. The lowest BCUT2D eigenvalue weighted by molar-refractivity contribution is 0.0690. The Bertz CT molecular complexity index is 560. The number of likely N-dealkylation sites (tertiary alicyclic amines) is 1. The van der Waals surface area contributed by atoms with Gasteiger partial charge in [-0.2, -0.15) is 0 Å². The molecule has 0 amide bonds. The largest absolute Gasteiger partial charge is 0.477 e. The van der Waals surface area contributed by atoms with Crippen LogP contribution >= 0.6 is 0 Å². The number of aromatic carboxylic acids is 1. The molecule has 1 atom stereocenters. The molecule has 5 nitrogen and oxygen atoms in total. The fourth-order valence-electron chi connectivity index (χ4n) is 2.39. The van der Waals surface area contributed by atoms with Crippen molar-refractivity contribution in [3.05, 3.63) is 60.2 Å². The van der Waals surface area contributed by atoms with Crippen molar-refractivity contribution < 1.29 is 9.90 Å². The molecule has 0 radical (unpaired) electrons. The number of hydrogen-bond acceptors (Lipinski definition) is 4. The summed E-state index contributed by atoms with van der Waals surface area (Å²) in [6.07, 6.45) is 7.85. The van der Waals surface area contributed by atoms with Crippen molar-refractivity contribution in [2.45, 2.75) is 18.9 Å². The molecule has 2 aromatic rings. The molecule has 1 aliphatic heterocycles. The lowest BCUT2D eigenvalue weighted by atomic mass is 10.1. The van der Waals surface area contributed by atoms with Gasteiger partial charge in [-0.1, -0.05) is 12.1 Å². The van der Waals surface area contributed by atoms with Crippen molar-refractivity contribution >= 4 is 5.97 Å². The summed E-state index contributed by atoms with van der Waals surface area (Å²) in [7, 11) is 2.19. The fraction of sp³-hybridized carbons (Fsp3) is 0.312. The van der Waals surface area contributed by atoms with Crippen LogP contribution in [0.25, 0.3) is 0 Å². The van der Waals surface area contributed by atoms with Gasteiger partial charge in [0.15, 0.2) is 0 Å². The quantitative estimate of drug-likeness (QED) is 0.918. The van der Waals surface area contributed by atoms with Gasteiger partial charge in [0.05, 0.1) is 0 Å². The predicted octanol–water partition coefficient (Wildman–Crippen LogP) is 2.63. The predicted molar refractivity (Wildman–Crippen MR) is 80.0 cm³/mol. The van der Waals surface area contributed by atoms with Gasteiger partial charge in [0.2, 0.25) is 0 Å². The van der Waals surface area contributed by atoms with E-state index in [1.54, 1.807) is 12.1 Å². The van der Waals surface area contributed by atoms with Crippen LogP contribution in [-0.4, -0.2) is 39.5 Å². The van der Waals surface area contributed by atoms with Crippen LogP contribution < -0.4 is 0 Å². The highest BCUT2D eigenvalue weighted by Gasteiger charge is 2.21. The number of hydrogen-bond donors (Lipinski definition) is 1. The Hall–Kier alpha value is -2.27. The van der Waals surface area contributed by atoms with Crippen molar-refractivity contribution in [1.82, 2.24) is 14.9 Å². The average molecular weight is 285 g/mol. The number of carboxylic acids is 1. The number of carboxylic acid groups (broad SMARTS) is 1. The first-order chi connectivity index (χ1) is 10.2. The summed E-state index contributed by atoms with van der Waals surface area (Å²) in [5, 5.41) is 8.32. The molecule has 3 rings (SSSR count). The van der Waals surface area contributed by atoms with Gasteiger partial charge in [-0.15, -0.1) is 0 Å². The molecule has 5 heteroatoms. The molecule has 1 N–H and O–H groups in total.